The van der Waals surface area contributed by atoms with Crippen LogP contribution in [0.4, 0.5) is 0 Å². The Morgan fingerprint density at radius 1 is 1.32 bits per heavy atom. The molecule has 0 aliphatic rings. The number of carbonyl (C=O) groups excluding carboxylic acids is 1. The van der Waals surface area contributed by atoms with Gasteiger partial charge in [-0.2, -0.15) is 5.10 Å². The third kappa shape index (κ3) is 3.96. The molecule has 0 radical (unpaired) electrons. The molecule has 0 atom stereocenters. The largest absolute Gasteiger partial charge is 0.356 e. The number of rotatable bonds is 7. The van der Waals surface area contributed by atoms with Crippen molar-refractivity contribution in [3.05, 3.63) is 45.6 Å². The Morgan fingerprint density at radius 2 is 2.16 bits per heavy atom. The molecular formula is C17H21N5O2S. The van der Waals surface area contributed by atoms with Crippen LogP contribution in [0.2, 0.25) is 0 Å². The van der Waals surface area contributed by atoms with Crippen LogP contribution in [0.5, 0.6) is 0 Å². The topological polar surface area (TPSA) is 81.8 Å². The van der Waals surface area contributed by atoms with Crippen molar-refractivity contribution in [1.82, 2.24) is 24.6 Å². The van der Waals surface area contributed by atoms with E-state index in [0.717, 1.165) is 28.2 Å². The lowest BCUT2D eigenvalue weighted by Crippen LogP contribution is -2.28. The van der Waals surface area contributed by atoms with Crippen molar-refractivity contribution in [3.8, 4) is 0 Å². The van der Waals surface area contributed by atoms with Crippen LogP contribution in [0, 0.1) is 13.8 Å². The number of aromatic nitrogens is 4. The van der Waals surface area contributed by atoms with Crippen LogP contribution in [0.1, 0.15) is 23.3 Å². The highest BCUT2D eigenvalue weighted by Gasteiger charge is 2.12. The Balaban J connectivity index is 1.52. The van der Waals surface area contributed by atoms with Gasteiger partial charge in [-0.05, 0) is 31.9 Å². The van der Waals surface area contributed by atoms with E-state index in [2.05, 4.69) is 15.4 Å². The second kappa shape index (κ2) is 7.60. The van der Waals surface area contributed by atoms with Crippen LogP contribution >= 0.6 is 11.3 Å². The molecule has 0 saturated heterocycles. The number of fused-ring (bicyclic) bond motifs is 1. The number of nitrogens with one attached hydrogen (secondary N) is 1. The maximum atomic E-state index is 12.6. The molecule has 0 unspecified atom stereocenters. The van der Waals surface area contributed by atoms with Crippen molar-refractivity contribution in [2.45, 2.75) is 39.8 Å². The summed E-state index contributed by atoms with van der Waals surface area (Å²) in [5.41, 5.74) is 0.910. The minimum Gasteiger partial charge on any atom is -0.356 e. The first-order valence-electron chi connectivity index (χ1n) is 8.25. The minimum atomic E-state index is -0.0710. The van der Waals surface area contributed by atoms with Gasteiger partial charge in [0, 0.05) is 43.3 Å². The molecule has 0 fully saturated rings. The van der Waals surface area contributed by atoms with Crippen molar-refractivity contribution in [1.29, 1.82) is 0 Å². The third-order valence-electron chi connectivity index (χ3n) is 4.18. The van der Waals surface area contributed by atoms with Gasteiger partial charge < -0.3 is 5.32 Å². The first kappa shape index (κ1) is 17.3. The molecule has 3 rings (SSSR count). The first-order valence-corrected chi connectivity index (χ1v) is 9.07. The standard InChI is InChI=1S/C17H21N5O2S/c1-12-13(2)25-16-15(12)17(24)21(11-19-16)10-5-14(23)18-6-3-8-22-9-4-7-20-22/h4,7,9,11H,3,5-6,8,10H2,1-2H3,(H,18,23). The van der Waals surface area contributed by atoms with E-state index in [9.17, 15) is 9.59 Å². The second-order valence-corrected chi connectivity index (χ2v) is 7.13. The van der Waals surface area contributed by atoms with E-state index in [4.69, 9.17) is 0 Å². The second-order valence-electron chi connectivity index (χ2n) is 5.93. The number of thiophene rings is 1. The molecule has 132 valence electrons. The highest BCUT2D eigenvalue weighted by atomic mass is 32.1. The number of carbonyl (C=O) groups is 1. The highest BCUT2D eigenvalue weighted by Crippen LogP contribution is 2.25. The molecule has 3 aromatic heterocycles. The summed E-state index contributed by atoms with van der Waals surface area (Å²) >= 11 is 1.53. The molecule has 0 bridgehead atoms. The van der Waals surface area contributed by atoms with E-state index in [1.165, 1.54) is 22.2 Å². The molecule has 8 heteroatoms. The van der Waals surface area contributed by atoms with Crippen LogP contribution < -0.4 is 10.9 Å². The molecule has 0 spiro atoms. The van der Waals surface area contributed by atoms with Crippen molar-refractivity contribution in [3.63, 3.8) is 0 Å². The number of aryl methyl sites for hydroxylation is 4. The van der Waals surface area contributed by atoms with Crippen LogP contribution in [-0.2, 0) is 17.9 Å². The average Bonchev–Trinajstić information content (AvgIpc) is 3.20. The zero-order valence-electron chi connectivity index (χ0n) is 14.4. The SMILES string of the molecule is Cc1sc2ncn(CCC(=O)NCCCn3cccn3)c(=O)c2c1C. The molecule has 0 saturated carbocycles. The van der Waals surface area contributed by atoms with Crippen LogP contribution in [0.15, 0.2) is 29.6 Å². The fourth-order valence-electron chi connectivity index (χ4n) is 2.64. The highest BCUT2D eigenvalue weighted by molar-refractivity contribution is 7.18. The molecule has 1 amide bonds. The van der Waals surface area contributed by atoms with Crippen LogP contribution in [-0.4, -0.2) is 31.8 Å². The molecule has 0 aromatic carbocycles. The number of hydrogen-bond acceptors (Lipinski definition) is 5. The summed E-state index contributed by atoms with van der Waals surface area (Å²) in [5, 5.41) is 7.66. The molecule has 3 heterocycles. The van der Waals surface area contributed by atoms with Gasteiger partial charge in [0.25, 0.3) is 5.56 Å². The molecule has 1 N–H and O–H groups in total. The van der Waals surface area contributed by atoms with Crippen molar-refractivity contribution < 1.29 is 4.79 Å². The maximum absolute atomic E-state index is 12.6. The van der Waals surface area contributed by atoms with Crippen LogP contribution in [0.3, 0.4) is 0 Å². The Hall–Kier alpha value is -2.48. The number of nitrogens with zero attached hydrogens (tertiary/aromatic N) is 4. The van der Waals surface area contributed by atoms with Crippen LogP contribution in [0.25, 0.3) is 10.2 Å². The summed E-state index contributed by atoms with van der Waals surface area (Å²) in [5.74, 6) is -0.0642. The average molecular weight is 359 g/mol. The van der Waals surface area contributed by atoms with Crippen molar-refractivity contribution in [2.75, 3.05) is 6.54 Å². The Bertz CT molecular complexity index is 927. The van der Waals surface area contributed by atoms with E-state index in [1.54, 1.807) is 6.20 Å². The van der Waals surface area contributed by atoms with Gasteiger partial charge in [-0.15, -0.1) is 11.3 Å². The van der Waals surface area contributed by atoms with E-state index >= 15 is 0 Å². The predicted octanol–water partition coefficient (Wildman–Crippen LogP) is 1.87. The molecular weight excluding hydrogens is 338 g/mol. The Morgan fingerprint density at radius 3 is 2.92 bits per heavy atom. The summed E-state index contributed by atoms with van der Waals surface area (Å²) in [4.78, 5) is 30.7. The zero-order valence-corrected chi connectivity index (χ0v) is 15.2. The normalized spacial score (nSPS) is 11.1. The molecule has 0 aliphatic carbocycles. The van der Waals surface area contributed by atoms with E-state index in [1.807, 2.05) is 30.8 Å². The Labute approximate surface area is 149 Å². The molecule has 3 aromatic rings. The lowest BCUT2D eigenvalue weighted by atomic mass is 10.2. The van der Waals surface area contributed by atoms with Gasteiger partial charge in [-0.1, -0.05) is 0 Å². The van der Waals surface area contributed by atoms with Gasteiger partial charge in [0.1, 0.15) is 4.83 Å². The summed E-state index contributed by atoms with van der Waals surface area (Å²) in [6.07, 6.45) is 6.24. The van der Waals surface area contributed by atoms with Gasteiger partial charge in [0.05, 0.1) is 11.7 Å². The van der Waals surface area contributed by atoms with E-state index < -0.39 is 0 Å². The third-order valence-corrected chi connectivity index (χ3v) is 5.30. The summed E-state index contributed by atoms with van der Waals surface area (Å²) in [7, 11) is 0. The summed E-state index contributed by atoms with van der Waals surface area (Å²) in [6.45, 7) is 5.62. The number of amides is 1. The Kier molecular flexibility index (Phi) is 5.28. The first-order chi connectivity index (χ1) is 12.1. The van der Waals surface area contributed by atoms with Gasteiger partial charge in [-0.3, -0.25) is 18.8 Å². The summed E-state index contributed by atoms with van der Waals surface area (Å²) < 4.78 is 3.35. The predicted molar refractivity (Wildman–Crippen MR) is 97.8 cm³/mol. The van der Waals surface area contributed by atoms with Crippen molar-refractivity contribution in [2.24, 2.45) is 0 Å². The molecule has 25 heavy (non-hydrogen) atoms. The lowest BCUT2D eigenvalue weighted by molar-refractivity contribution is -0.121. The van der Waals surface area contributed by atoms with E-state index in [-0.39, 0.29) is 17.9 Å². The van der Waals surface area contributed by atoms with Gasteiger partial charge in [0.2, 0.25) is 5.91 Å². The molecule has 0 aliphatic heterocycles. The quantitative estimate of drug-likeness (QED) is 0.653. The maximum Gasteiger partial charge on any atom is 0.262 e. The minimum absolute atomic E-state index is 0.0642. The monoisotopic (exact) mass is 359 g/mol. The smallest absolute Gasteiger partial charge is 0.262 e. The fraction of sp³-hybridized carbons (Fsp3) is 0.412. The lowest BCUT2D eigenvalue weighted by Gasteiger charge is -2.07. The number of hydrogen-bond donors (Lipinski definition) is 1. The van der Waals surface area contributed by atoms with Gasteiger partial charge in [0.15, 0.2) is 0 Å². The summed E-state index contributed by atoms with van der Waals surface area (Å²) in [6, 6.07) is 1.87. The fourth-order valence-corrected chi connectivity index (χ4v) is 3.63. The van der Waals surface area contributed by atoms with Crippen molar-refractivity contribution >= 4 is 27.5 Å². The van der Waals surface area contributed by atoms with Gasteiger partial charge in [-0.25, -0.2) is 4.98 Å². The van der Waals surface area contributed by atoms with Gasteiger partial charge >= 0.3 is 0 Å². The molecule has 7 nitrogen and oxygen atoms in total. The van der Waals surface area contributed by atoms with E-state index in [0.29, 0.717) is 18.5 Å². The zero-order chi connectivity index (χ0) is 17.8.